The van der Waals surface area contributed by atoms with Crippen LogP contribution in [0.5, 0.6) is 0 Å². The van der Waals surface area contributed by atoms with Gasteiger partial charge in [0, 0.05) is 35.8 Å². The van der Waals surface area contributed by atoms with Crippen LogP contribution in [0.2, 0.25) is 0 Å². The van der Waals surface area contributed by atoms with E-state index in [1.807, 2.05) is 19.2 Å². The lowest BCUT2D eigenvalue weighted by Crippen LogP contribution is -2.38. The van der Waals surface area contributed by atoms with Crippen molar-refractivity contribution >= 4 is 16.9 Å². The summed E-state index contributed by atoms with van der Waals surface area (Å²) in [6, 6.07) is 11.0. The predicted molar refractivity (Wildman–Crippen MR) is 106 cm³/mol. The summed E-state index contributed by atoms with van der Waals surface area (Å²) in [5.74, 6) is -0.127. The van der Waals surface area contributed by atoms with Gasteiger partial charge in [-0.2, -0.15) is 5.26 Å². The van der Waals surface area contributed by atoms with Gasteiger partial charge in [0.1, 0.15) is 11.6 Å². The zero-order chi connectivity index (χ0) is 19.9. The number of aromatic amines is 1. The van der Waals surface area contributed by atoms with Crippen molar-refractivity contribution in [3.05, 3.63) is 70.9 Å². The molecule has 1 heterocycles. The summed E-state index contributed by atoms with van der Waals surface area (Å²) in [5, 5.41) is 16.2. The molecule has 3 aromatic rings. The summed E-state index contributed by atoms with van der Waals surface area (Å²) >= 11 is 0. The van der Waals surface area contributed by atoms with Crippen molar-refractivity contribution in [2.45, 2.75) is 19.9 Å². The third-order valence-corrected chi connectivity index (χ3v) is 4.35. The van der Waals surface area contributed by atoms with E-state index in [0.717, 1.165) is 22.9 Å². The smallest absolute Gasteiger partial charge is 0.191 e. The molecule has 0 unspecified atom stereocenters. The number of guanidine groups is 1. The fourth-order valence-electron chi connectivity index (χ4n) is 2.93. The highest BCUT2D eigenvalue weighted by molar-refractivity contribution is 5.83. The van der Waals surface area contributed by atoms with Crippen molar-refractivity contribution in [2.75, 3.05) is 13.1 Å². The van der Waals surface area contributed by atoms with Crippen molar-refractivity contribution in [2.24, 2.45) is 4.99 Å². The van der Waals surface area contributed by atoms with Crippen molar-refractivity contribution in [3.8, 4) is 6.07 Å². The molecular weight excluding hydrogens is 360 g/mol. The third kappa shape index (κ3) is 4.65. The van der Waals surface area contributed by atoms with Gasteiger partial charge < -0.3 is 15.6 Å². The number of hydrogen-bond acceptors (Lipinski definition) is 2. The number of fused-ring (bicyclic) bond motifs is 1. The van der Waals surface area contributed by atoms with Crippen LogP contribution in [-0.2, 0) is 13.0 Å². The number of nitriles is 1. The molecule has 0 saturated heterocycles. The molecule has 0 amide bonds. The van der Waals surface area contributed by atoms with Crippen LogP contribution in [0.15, 0.2) is 47.6 Å². The summed E-state index contributed by atoms with van der Waals surface area (Å²) in [6.07, 6.45) is 2.60. The molecule has 0 saturated carbocycles. The Hall–Kier alpha value is -3.40. The molecule has 1 aromatic heterocycles. The number of rotatable bonds is 6. The molecule has 0 atom stereocenters. The maximum absolute atomic E-state index is 14.0. The monoisotopic (exact) mass is 381 g/mol. The van der Waals surface area contributed by atoms with E-state index < -0.39 is 5.82 Å². The van der Waals surface area contributed by atoms with Gasteiger partial charge in [-0.25, -0.2) is 13.8 Å². The minimum Gasteiger partial charge on any atom is -0.361 e. The first-order valence-electron chi connectivity index (χ1n) is 9.07. The summed E-state index contributed by atoms with van der Waals surface area (Å²) in [4.78, 5) is 7.48. The Morgan fingerprint density at radius 2 is 2.00 bits per heavy atom. The lowest BCUT2D eigenvalue weighted by atomic mass is 10.1. The highest BCUT2D eigenvalue weighted by Crippen LogP contribution is 2.19. The molecule has 3 N–H and O–H groups in total. The van der Waals surface area contributed by atoms with Gasteiger partial charge in [-0.15, -0.1) is 0 Å². The predicted octanol–water partition coefficient (Wildman–Crippen LogP) is 3.62. The molecule has 0 radical (unpaired) electrons. The number of aromatic nitrogens is 1. The molecule has 0 spiro atoms. The SMILES string of the molecule is CCNC(=NCc1ccc(C#N)cc1F)NCCc1c[nH]c2cc(F)ccc12. The second kappa shape index (κ2) is 9.00. The number of hydrogen-bond donors (Lipinski definition) is 3. The van der Waals surface area contributed by atoms with Crippen LogP contribution in [0.25, 0.3) is 10.9 Å². The van der Waals surface area contributed by atoms with Crippen molar-refractivity contribution in [1.29, 1.82) is 5.26 Å². The van der Waals surface area contributed by atoms with Gasteiger partial charge >= 0.3 is 0 Å². The van der Waals surface area contributed by atoms with E-state index >= 15 is 0 Å². The number of halogens is 2. The molecule has 0 aliphatic heterocycles. The zero-order valence-electron chi connectivity index (χ0n) is 15.5. The molecular formula is C21H21F2N5. The van der Waals surface area contributed by atoms with Gasteiger partial charge in [0.25, 0.3) is 0 Å². The number of nitrogens with zero attached hydrogens (tertiary/aromatic N) is 2. The molecule has 0 aliphatic rings. The first-order chi connectivity index (χ1) is 13.6. The van der Waals surface area contributed by atoms with Crippen LogP contribution in [0.3, 0.4) is 0 Å². The summed E-state index contributed by atoms with van der Waals surface area (Å²) in [5.41, 5.74) is 2.56. The maximum atomic E-state index is 14.0. The fraction of sp³-hybridized carbons (Fsp3) is 0.238. The third-order valence-electron chi connectivity index (χ3n) is 4.35. The Balaban J connectivity index is 1.62. The Morgan fingerprint density at radius 1 is 1.14 bits per heavy atom. The molecule has 144 valence electrons. The van der Waals surface area contributed by atoms with E-state index in [-0.39, 0.29) is 17.9 Å². The van der Waals surface area contributed by atoms with Crippen LogP contribution < -0.4 is 10.6 Å². The molecule has 0 bridgehead atoms. The van der Waals surface area contributed by atoms with E-state index in [2.05, 4.69) is 20.6 Å². The Bertz CT molecular complexity index is 1030. The molecule has 0 fully saturated rings. The number of aliphatic imine (C=N–C) groups is 1. The molecule has 7 heteroatoms. The molecule has 0 aliphatic carbocycles. The molecule has 3 rings (SSSR count). The van der Waals surface area contributed by atoms with Crippen molar-refractivity contribution in [1.82, 2.24) is 15.6 Å². The van der Waals surface area contributed by atoms with Crippen LogP contribution >= 0.6 is 0 Å². The lowest BCUT2D eigenvalue weighted by molar-refractivity contribution is 0.609. The average Bonchev–Trinajstić information content (AvgIpc) is 3.08. The van der Waals surface area contributed by atoms with E-state index in [9.17, 15) is 8.78 Å². The van der Waals surface area contributed by atoms with Gasteiger partial charge in [-0.3, -0.25) is 0 Å². The summed E-state index contributed by atoms with van der Waals surface area (Å²) < 4.78 is 27.3. The molecule has 2 aromatic carbocycles. The Labute approximate surface area is 162 Å². The van der Waals surface area contributed by atoms with Crippen molar-refractivity contribution < 1.29 is 8.78 Å². The fourth-order valence-corrected chi connectivity index (χ4v) is 2.93. The van der Waals surface area contributed by atoms with Crippen LogP contribution in [0.1, 0.15) is 23.6 Å². The van der Waals surface area contributed by atoms with E-state index in [4.69, 9.17) is 5.26 Å². The normalized spacial score (nSPS) is 11.4. The Morgan fingerprint density at radius 3 is 2.75 bits per heavy atom. The second-order valence-corrected chi connectivity index (χ2v) is 6.29. The van der Waals surface area contributed by atoms with Gasteiger partial charge in [-0.05, 0) is 49.2 Å². The molecule has 5 nitrogen and oxygen atoms in total. The highest BCUT2D eigenvalue weighted by atomic mass is 19.1. The minimum absolute atomic E-state index is 0.166. The topological polar surface area (TPSA) is 76.0 Å². The minimum atomic E-state index is -0.440. The number of H-pyrrole nitrogens is 1. The first kappa shape index (κ1) is 19.4. The van der Waals surface area contributed by atoms with Gasteiger partial charge in [0.05, 0.1) is 18.2 Å². The summed E-state index contributed by atoms with van der Waals surface area (Å²) in [7, 11) is 0. The van der Waals surface area contributed by atoms with Gasteiger partial charge in [0.15, 0.2) is 5.96 Å². The van der Waals surface area contributed by atoms with Crippen molar-refractivity contribution in [3.63, 3.8) is 0 Å². The average molecular weight is 381 g/mol. The summed E-state index contributed by atoms with van der Waals surface area (Å²) in [6.45, 7) is 3.41. The molecule has 28 heavy (non-hydrogen) atoms. The standard InChI is InChI=1S/C21H21F2N5/c1-2-25-21(28-13-16-4-3-14(11-24)9-19(16)23)26-8-7-15-12-27-20-10-17(22)5-6-18(15)20/h3-6,9-10,12,27H,2,7-8,13H2,1H3,(H2,25,26,28). The van der Waals surface area contributed by atoms with E-state index in [1.54, 1.807) is 18.2 Å². The first-order valence-corrected chi connectivity index (χ1v) is 9.07. The largest absolute Gasteiger partial charge is 0.361 e. The maximum Gasteiger partial charge on any atom is 0.191 e. The van der Waals surface area contributed by atoms with Gasteiger partial charge in [0.2, 0.25) is 0 Å². The van der Waals surface area contributed by atoms with E-state index in [1.165, 1.54) is 18.2 Å². The number of nitrogens with one attached hydrogen (secondary N) is 3. The number of benzene rings is 2. The second-order valence-electron chi connectivity index (χ2n) is 6.29. The van der Waals surface area contributed by atoms with Crippen LogP contribution in [-0.4, -0.2) is 24.0 Å². The highest BCUT2D eigenvalue weighted by Gasteiger charge is 2.06. The lowest BCUT2D eigenvalue weighted by Gasteiger charge is -2.11. The van der Waals surface area contributed by atoms with E-state index in [0.29, 0.717) is 24.6 Å². The zero-order valence-corrected chi connectivity index (χ0v) is 15.5. The van der Waals surface area contributed by atoms with Gasteiger partial charge in [-0.1, -0.05) is 6.07 Å². The van der Waals surface area contributed by atoms with Crippen LogP contribution in [0.4, 0.5) is 8.78 Å². The quantitative estimate of drug-likeness (QED) is 0.451. The van der Waals surface area contributed by atoms with Crippen LogP contribution in [0, 0.1) is 23.0 Å². The Kier molecular flexibility index (Phi) is 6.22.